The third kappa shape index (κ3) is 4.05. The minimum atomic E-state index is -0.410. The molecule has 0 amide bonds. The van der Waals surface area contributed by atoms with Gasteiger partial charge in [0.15, 0.2) is 0 Å². The van der Waals surface area contributed by atoms with Crippen molar-refractivity contribution in [3.63, 3.8) is 0 Å². The van der Waals surface area contributed by atoms with E-state index in [1.807, 2.05) is 0 Å². The van der Waals surface area contributed by atoms with Gasteiger partial charge in [-0.05, 0) is 10.1 Å². The van der Waals surface area contributed by atoms with Crippen LogP contribution in [0.5, 0.6) is 0 Å². The SMILES string of the molecule is C[SiH2][SiH2][SiH](C(C)(C)C)C(C)(C)C. The largest absolute Gasteiger partial charge is 0.0773 e. The lowest BCUT2D eigenvalue weighted by Crippen LogP contribution is -2.43. The fourth-order valence-corrected chi connectivity index (χ4v) is 35.1. The molecule has 0 saturated heterocycles. The highest BCUT2D eigenvalue weighted by atomic mass is 29.5. The predicted molar refractivity (Wildman–Crippen MR) is 69.5 cm³/mol. The molecule has 0 radical (unpaired) electrons. The standard InChI is InChI=1S/C9H26Si3/c1-8(2,3)12(11-10-7)9(4,5)6/h12H,10-11H2,1-7H3. The molecule has 12 heavy (non-hydrogen) atoms. The van der Waals surface area contributed by atoms with Crippen molar-refractivity contribution in [2.75, 3.05) is 0 Å². The number of hydrogen-bond acceptors (Lipinski definition) is 0. The maximum Gasteiger partial charge on any atom is 0.0328 e. The van der Waals surface area contributed by atoms with E-state index in [9.17, 15) is 0 Å². The molecule has 0 fully saturated rings. The van der Waals surface area contributed by atoms with Crippen LogP contribution in [-0.4, -0.2) is 25.9 Å². The lowest BCUT2D eigenvalue weighted by Gasteiger charge is -2.39. The van der Waals surface area contributed by atoms with Gasteiger partial charge in [0, 0.05) is 25.9 Å². The van der Waals surface area contributed by atoms with Crippen molar-refractivity contribution in [1.82, 2.24) is 0 Å². The summed E-state index contributed by atoms with van der Waals surface area (Å²) in [5.74, 6) is 0. The van der Waals surface area contributed by atoms with Crippen LogP contribution in [0.1, 0.15) is 41.5 Å². The van der Waals surface area contributed by atoms with Crippen molar-refractivity contribution in [2.45, 2.75) is 58.2 Å². The van der Waals surface area contributed by atoms with Crippen molar-refractivity contribution in [2.24, 2.45) is 0 Å². The van der Waals surface area contributed by atoms with Crippen LogP contribution in [0.4, 0.5) is 0 Å². The summed E-state index contributed by atoms with van der Waals surface area (Å²) < 4.78 is 0. The molecule has 0 atom stereocenters. The minimum Gasteiger partial charge on any atom is -0.0773 e. The van der Waals surface area contributed by atoms with Crippen LogP contribution < -0.4 is 0 Å². The van der Waals surface area contributed by atoms with Gasteiger partial charge in [-0.1, -0.05) is 48.1 Å². The van der Waals surface area contributed by atoms with Crippen LogP contribution in [-0.2, 0) is 0 Å². The average Bonchev–Trinajstić information content (AvgIpc) is 1.77. The lowest BCUT2D eigenvalue weighted by molar-refractivity contribution is 0.660. The second-order valence-electron chi connectivity index (χ2n) is 6.07. The lowest BCUT2D eigenvalue weighted by atomic mass is 10.2. The zero-order chi connectivity index (χ0) is 9.99. The Bertz CT molecular complexity index is 116. The first-order valence-corrected chi connectivity index (χ1v) is 15.0. The molecule has 0 aliphatic rings. The smallest absolute Gasteiger partial charge is 0.0328 e. The van der Waals surface area contributed by atoms with Crippen LogP contribution in [0.15, 0.2) is 0 Å². The zero-order valence-electron chi connectivity index (χ0n) is 9.99. The summed E-state index contributed by atoms with van der Waals surface area (Å²) in [7, 11) is 0.403. The summed E-state index contributed by atoms with van der Waals surface area (Å²) in [4.78, 5) is 0. The second-order valence-corrected chi connectivity index (χ2v) is 24.6. The Kier molecular flexibility index (Phi) is 4.47. The number of hydrogen-bond donors (Lipinski definition) is 0. The van der Waals surface area contributed by atoms with E-state index in [0.717, 1.165) is 0 Å². The van der Waals surface area contributed by atoms with Gasteiger partial charge in [0.2, 0.25) is 0 Å². The zero-order valence-corrected chi connectivity index (χ0v) is 14.0. The summed E-state index contributed by atoms with van der Waals surface area (Å²) >= 11 is 0. The van der Waals surface area contributed by atoms with Crippen molar-refractivity contribution in [3.8, 4) is 0 Å². The Morgan fingerprint density at radius 1 is 0.833 bits per heavy atom. The summed E-state index contributed by atoms with van der Waals surface area (Å²) in [6.07, 6.45) is 0. The van der Waals surface area contributed by atoms with Gasteiger partial charge in [0.25, 0.3) is 0 Å². The molecule has 0 heterocycles. The van der Waals surface area contributed by atoms with Gasteiger partial charge in [-0.15, -0.1) is 0 Å². The molecule has 0 rings (SSSR count). The van der Waals surface area contributed by atoms with Crippen LogP contribution in [0, 0.1) is 0 Å². The van der Waals surface area contributed by atoms with E-state index in [4.69, 9.17) is 0 Å². The molecular weight excluding hydrogens is 192 g/mol. The van der Waals surface area contributed by atoms with Gasteiger partial charge in [-0.2, -0.15) is 0 Å². The van der Waals surface area contributed by atoms with E-state index in [0.29, 0.717) is 27.7 Å². The van der Waals surface area contributed by atoms with Crippen molar-refractivity contribution >= 4 is 25.9 Å². The molecule has 0 spiro atoms. The first-order valence-electron chi connectivity index (χ1n) is 5.19. The molecule has 74 valence electrons. The summed E-state index contributed by atoms with van der Waals surface area (Å²) in [5.41, 5.74) is 0. The van der Waals surface area contributed by atoms with E-state index >= 15 is 0 Å². The van der Waals surface area contributed by atoms with E-state index in [1.54, 1.807) is 0 Å². The van der Waals surface area contributed by atoms with Gasteiger partial charge < -0.3 is 0 Å². The molecule has 0 aromatic heterocycles. The maximum absolute atomic E-state index is 2.52. The third-order valence-electron chi connectivity index (χ3n) is 2.67. The predicted octanol–water partition coefficient (Wildman–Crippen LogP) is 1.61. The molecule has 0 aliphatic carbocycles. The summed E-state index contributed by atoms with van der Waals surface area (Å²) in [6, 6.07) is 0. The highest BCUT2D eigenvalue weighted by Gasteiger charge is 2.35. The van der Waals surface area contributed by atoms with Crippen LogP contribution >= 0.6 is 0 Å². The molecule has 0 aliphatic heterocycles. The molecule has 0 aromatic carbocycles. The molecule has 0 bridgehead atoms. The van der Waals surface area contributed by atoms with Gasteiger partial charge in [-0.3, -0.25) is 0 Å². The Morgan fingerprint density at radius 3 is 1.25 bits per heavy atom. The van der Waals surface area contributed by atoms with Crippen molar-refractivity contribution in [1.29, 1.82) is 0 Å². The first-order chi connectivity index (χ1) is 5.19. The van der Waals surface area contributed by atoms with Crippen LogP contribution in [0.2, 0.25) is 16.6 Å². The molecule has 3 heteroatoms. The third-order valence-corrected chi connectivity index (χ3v) is 29.2. The molecule has 0 aromatic rings. The average molecular weight is 219 g/mol. The Labute approximate surface area is 84.4 Å². The normalized spacial score (nSPS) is 16.0. The fourth-order valence-electron chi connectivity index (χ4n) is 2.45. The number of rotatable bonds is 2. The van der Waals surface area contributed by atoms with Crippen LogP contribution in [0.3, 0.4) is 0 Å². The Balaban J connectivity index is 4.45. The molecule has 0 saturated carbocycles. The van der Waals surface area contributed by atoms with E-state index in [1.165, 1.54) is 0 Å². The van der Waals surface area contributed by atoms with Crippen molar-refractivity contribution < 1.29 is 0 Å². The minimum absolute atomic E-state index is 0.405. The Hall–Kier alpha value is 0.651. The fraction of sp³-hybridized carbons (Fsp3) is 1.00. The second kappa shape index (κ2) is 4.24. The van der Waals surface area contributed by atoms with Gasteiger partial charge in [-0.25, -0.2) is 0 Å². The maximum atomic E-state index is 2.52. The Morgan fingerprint density at radius 2 is 1.17 bits per heavy atom. The first kappa shape index (κ1) is 12.7. The highest BCUT2D eigenvalue weighted by Crippen LogP contribution is 2.40. The van der Waals surface area contributed by atoms with Crippen LogP contribution in [0.25, 0.3) is 0 Å². The van der Waals surface area contributed by atoms with E-state index < -0.39 is 8.31 Å². The molecule has 0 N–H and O–H groups in total. The highest BCUT2D eigenvalue weighted by molar-refractivity contribution is 7.37. The van der Waals surface area contributed by atoms with Gasteiger partial charge in [0.1, 0.15) is 0 Å². The topological polar surface area (TPSA) is 0 Å². The molecule has 0 unspecified atom stereocenters. The van der Waals surface area contributed by atoms with Gasteiger partial charge >= 0.3 is 0 Å². The van der Waals surface area contributed by atoms with E-state index in [-0.39, 0.29) is 0 Å². The summed E-state index contributed by atoms with van der Waals surface area (Å²) in [6.45, 7) is 17.4. The monoisotopic (exact) mass is 218 g/mol. The van der Waals surface area contributed by atoms with Crippen molar-refractivity contribution in [3.05, 3.63) is 0 Å². The summed E-state index contributed by atoms with van der Waals surface area (Å²) in [5, 5.41) is 1.38. The van der Waals surface area contributed by atoms with Gasteiger partial charge in [0.05, 0.1) is 0 Å². The van der Waals surface area contributed by atoms with E-state index in [2.05, 4.69) is 48.1 Å². The quantitative estimate of drug-likeness (QED) is 0.618. The molecule has 0 nitrogen and oxygen atoms in total. The molecular formula is C9H26Si3.